The maximum atomic E-state index is 13.4. The second-order valence-electron chi connectivity index (χ2n) is 8.85. The van der Waals surface area contributed by atoms with Gasteiger partial charge in [-0.3, -0.25) is 14.4 Å². The summed E-state index contributed by atoms with van der Waals surface area (Å²) in [5.74, 6) is -2.24. The fourth-order valence-electron chi connectivity index (χ4n) is 3.91. The average Bonchev–Trinajstić information content (AvgIpc) is 3.60. The van der Waals surface area contributed by atoms with Crippen LogP contribution in [0, 0.1) is 5.82 Å². The summed E-state index contributed by atoms with van der Waals surface area (Å²) in [5, 5.41) is 9.93. The topological polar surface area (TPSA) is 106 Å². The number of Topliss-reactive ketones (excluding diaryl/α,β-unsaturated/α-hetero) is 1. The maximum Gasteiger partial charge on any atom is 0.289 e. The zero-order valence-corrected chi connectivity index (χ0v) is 19.8. The van der Waals surface area contributed by atoms with Gasteiger partial charge >= 0.3 is 0 Å². The Labute approximate surface area is 212 Å². The molecule has 2 N–H and O–H groups in total. The largest absolute Gasteiger partial charge is 0.347 e. The summed E-state index contributed by atoms with van der Waals surface area (Å²) in [4.78, 5) is 43.3. The van der Waals surface area contributed by atoms with E-state index in [4.69, 9.17) is 0 Å². The first kappa shape index (κ1) is 24.1. The molecule has 0 unspecified atom stereocenters. The Morgan fingerprint density at radius 1 is 0.973 bits per heavy atom. The van der Waals surface area contributed by atoms with Crippen LogP contribution in [-0.4, -0.2) is 44.4 Å². The Bertz CT molecular complexity index is 1430. The molecule has 1 saturated carbocycles. The number of carbonyl (C=O) groups is 3. The summed E-state index contributed by atoms with van der Waals surface area (Å²) < 4.78 is 14.9. The molecule has 2 aromatic carbocycles. The number of carbonyl (C=O) groups excluding carboxylic acids is 3. The lowest BCUT2D eigenvalue weighted by atomic mass is 10.0. The van der Waals surface area contributed by atoms with Gasteiger partial charge in [0.05, 0.1) is 11.3 Å². The van der Waals surface area contributed by atoms with E-state index in [1.807, 2.05) is 36.4 Å². The van der Waals surface area contributed by atoms with Gasteiger partial charge in [0.15, 0.2) is 5.82 Å². The van der Waals surface area contributed by atoms with Crippen molar-refractivity contribution in [2.45, 2.75) is 31.3 Å². The third-order valence-electron chi connectivity index (χ3n) is 6.02. The number of hydrogen-bond acceptors (Lipinski definition) is 5. The van der Waals surface area contributed by atoms with Crippen LogP contribution < -0.4 is 10.6 Å². The van der Waals surface area contributed by atoms with Crippen molar-refractivity contribution < 1.29 is 18.8 Å². The number of aromatic nitrogens is 3. The summed E-state index contributed by atoms with van der Waals surface area (Å²) in [6.45, 7) is 0. The highest BCUT2D eigenvalue weighted by atomic mass is 19.1. The molecule has 0 spiro atoms. The number of rotatable bonds is 9. The van der Waals surface area contributed by atoms with Crippen molar-refractivity contribution in [3.8, 4) is 17.1 Å². The van der Waals surface area contributed by atoms with Gasteiger partial charge in [0, 0.05) is 30.4 Å². The Morgan fingerprint density at radius 3 is 2.46 bits per heavy atom. The zero-order valence-electron chi connectivity index (χ0n) is 19.8. The molecule has 0 saturated heterocycles. The van der Waals surface area contributed by atoms with Crippen molar-refractivity contribution in [1.82, 2.24) is 25.4 Å². The first-order valence-electron chi connectivity index (χ1n) is 11.9. The van der Waals surface area contributed by atoms with Crippen molar-refractivity contribution >= 4 is 17.6 Å². The highest BCUT2D eigenvalue weighted by Gasteiger charge is 2.32. The minimum absolute atomic E-state index is 0.0119. The predicted octanol–water partition coefficient (Wildman–Crippen LogP) is 3.26. The van der Waals surface area contributed by atoms with Gasteiger partial charge in [-0.1, -0.05) is 42.5 Å². The molecule has 1 fully saturated rings. The molecule has 0 radical (unpaired) electrons. The van der Waals surface area contributed by atoms with Crippen molar-refractivity contribution in [2.75, 3.05) is 0 Å². The predicted molar refractivity (Wildman–Crippen MR) is 134 cm³/mol. The molecule has 9 heteroatoms. The fraction of sp³-hybridized carbons (Fsp3) is 0.179. The monoisotopic (exact) mass is 497 g/mol. The number of benzene rings is 2. The van der Waals surface area contributed by atoms with E-state index in [9.17, 15) is 18.8 Å². The molecule has 1 atom stereocenters. The normalized spacial score (nSPS) is 13.5. The first-order valence-corrected chi connectivity index (χ1v) is 11.9. The van der Waals surface area contributed by atoms with Crippen molar-refractivity contribution in [1.29, 1.82) is 0 Å². The Morgan fingerprint density at radius 2 is 1.73 bits per heavy atom. The van der Waals surface area contributed by atoms with Gasteiger partial charge in [0.2, 0.25) is 5.78 Å². The second-order valence-corrected chi connectivity index (χ2v) is 8.85. The number of amides is 2. The molecule has 37 heavy (non-hydrogen) atoms. The fourth-order valence-corrected chi connectivity index (χ4v) is 3.91. The van der Waals surface area contributed by atoms with E-state index in [2.05, 4.69) is 20.7 Å². The molecule has 5 rings (SSSR count). The molecule has 4 aromatic rings. The van der Waals surface area contributed by atoms with Gasteiger partial charge in [-0.25, -0.2) is 14.1 Å². The molecular weight excluding hydrogens is 473 g/mol. The average molecular weight is 498 g/mol. The van der Waals surface area contributed by atoms with Crippen molar-refractivity contribution in [2.24, 2.45) is 0 Å². The van der Waals surface area contributed by atoms with E-state index in [0.29, 0.717) is 11.3 Å². The lowest BCUT2D eigenvalue weighted by Gasteiger charge is -2.18. The van der Waals surface area contributed by atoms with Crippen molar-refractivity contribution in [3.63, 3.8) is 0 Å². The Balaban J connectivity index is 1.40. The number of hydrogen-bond donors (Lipinski definition) is 2. The van der Waals surface area contributed by atoms with E-state index >= 15 is 0 Å². The lowest BCUT2D eigenvalue weighted by Crippen LogP contribution is -2.49. The molecule has 8 nitrogen and oxygen atoms in total. The highest BCUT2D eigenvalue weighted by molar-refractivity contribution is 6.38. The van der Waals surface area contributed by atoms with Gasteiger partial charge in [-0.05, 0) is 48.7 Å². The quantitative estimate of drug-likeness (QED) is 0.345. The molecule has 186 valence electrons. The summed E-state index contributed by atoms with van der Waals surface area (Å²) in [7, 11) is 0. The molecule has 2 amide bonds. The number of nitrogens with zero attached hydrogens (tertiary/aromatic N) is 3. The summed E-state index contributed by atoms with van der Waals surface area (Å²) in [6.07, 6.45) is 4.91. The Kier molecular flexibility index (Phi) is 6.85. The smallest absolute Gasteiger partial charge is 0.289 e. The van der Waals surface area contributed by atoms with E-state index in [1.165, 1.54) is 28.9 Å². The van der Waals surface area contributed by atoms with Crippen LogP contribution in [0.5, 0.6) is 0 Å². The highest BCUT2D eigenvalue weighted by Crippen LogP contribution is 2.20. The summed E-state index contributed by atoms with van der Waals surface area (Å²) >= 11 is 0. The van der Waals surface area contributed by atoms with Gasteiger partial charge < -0.3 is 10.6 Å². The van der Waals surface area contributed by atoms with Gasteiger partial charge in [0.1, 0.15) is 11.9 Å². The maximum absolute atomic E-state index is 13.4. The standard InChI is InChI=1S/C28H24FN5O3/c29-20-10-8-18(9-11-20)17-24(25(35)28(37)31-21-12-13-21)32-27(36)22-7-4-15-30-26(22)34-16-14-23(33-34)19-5-2-1-3-6-19/h1-11,14-16,21,24H,12-13,17H2,(H,31,37)(H,32,36)/t24-/m1/s1. The molecule has 0 aliphatic heterocycles. The van der Waals surface area contributed by atoms with Crippen LogP contribution in [0.15, 0.2) is 85.2 Å². The van der Waals surface area contributed by atoms with E-state index in [0.717, 1.165) is 18.4 Å². The van der Waals surface area contributed by atoms with Crippen LogP contribution in [0.25, 0.3) is 17.1 Å². The molecule has 2 heterocycles. The van der Waals surface area contributed by atoms with E-state index < -0.39 is 29.5 Å². The number of halogens is 1. The molecule has 0 bridgehead atoms. The lowest BCUT2D eigenvalue weighted by molar-refractivity contribution is -0.139. The zero-order chi connectivity index (χ0) is 25.8. The number of ketones is 1. The second kappa shape index (κ2) is 10.5. The summed E-state index contributed by atoms with van der Waals surface area (Å²) in [6, 6.07) is 19.0. The van der Waals surface area contributed by atoms with E-state index in [1.54, 1.807) is 24.5 Å². The molecule has 2 aromatic heterocycles. The van der Waals surface area contributed by atoms with Crippen LogP contribution in [0.4, 0.5) is 4.39 Å². The van der Waals surface area contributed by atoms with Crippen LogP contribution in [0.2, 0.25) is 0 Å². The van der Waals surface area contributed by atoms with Gasteiger partial charge in [0.25, 0.3) is 11.8 Å². The third-order valence-corrected chi connectivity index (χ3v) is 6.02. The molecule has 1 aliphatic rings. The summed E-state index contributed by atoms with van der Waals surface area (Å²) in [5.41, 5.74) is 2.41. The molecule has 1 aliphatic carbocycles. The van der Waals surface area contributed by atoms with Crippen LogP contribution >= 0.6 is 0 Å². The van der Waals surface area contributed by atoms with Crippen molar-refractivity contribution in [3.05, 3.63) is 102 Å². The van der Waals surface area contributed by atoms with E-state index in [-0.39, 0.29) is 23.8 Å². The van der Waals surface area contributed by atoms with Crippen LogP contribution in [0.1, 0.15) is 28.8 Å². The molecular formula is C28H24FN5O3. The first-order chi connectivity index (χ1) is 18.0. The third kappa shape index (κ3) is 5.78. The minimum atomic E-state index is -1.15. The van der Waals surface area contributed by atoms with Gasteiger partial charge in [-0.15, -0.1) is 0 Å². The van der Waals surface area contributed by atoms with Crippen LogP contribution in [-0.2, 0) is 16.0 Å². The Hall–Kier alpha value is -4.66. The minimum Gasteiger partial charge on any atom is -0.347 e. The van der Waals surface area contributed by atoms with Crippen LogP contribution in [0.3, 0.4) is 0 Å². The number of pyridine rings is 1. The number of nitrogens with one attached hydrogen (secondary N) is 2. The van der Waals surface area contributed by atoms with Gasteiger partial charge in [-0.2, -0.15) is 5.10 Å². The SMILES string of the molecule is O=C(NC1CC1)C(=O)[C@@H](Cc1ccc(F)cc1)NC(=O)c1cccnc1-n1ccc(-c2ccccc2)n1.